The van der Waals surface area contributed by atoms with Crippen LogP contribution in [0.25, 0.3) is 11.0 Å². The molecule has 0 aliphatic rings. The van der Waals surface area contributed by atoms with Gasteiger partial charge in [0.2, 0.25) is 10.0 Å². The van der Waals surface area contributed by atoms with E-state index < -0.39 is 15.9 Å². The predicted octanol–water partition coefficient (Wildman–Crippen LogP) is 2.89. The maximum atomic E-state index is 12.2. The Hall–Kier alpha value is -2.68. The minimum absolute atomic E-state index is 0.0552. The lowest BCUT2D eigenvalue weighted by atomic mass is 10.2. The first kappa shape index (κ1) is 18.1. The summed E-state index contributed by atoms with van der Waals surface area (Å²) in [7, 11) is -4.04. The van der Waals surface area contributed by atoms with E-state index in [9.17, 15) is 13.2 Å². The summed E-state index contributed by atoms with van der Waals surface area (Å²) in [6.07, 6.45) is 0. The van der Waals surface area contributed by atoms with Gasteiger partial charge in [-0.1, -0.05) is 29.8 Å². The van der Waals surface area contributed by atoms with Crippen molar-refractivity contribution < 1.29 is 17.6 Å². The Labute approximate surface area is 154 Å². The molecule has 134 valence electrons. The standard InChI is InChI=1S/C17H14ClN3O4S/c1-10(15-8-11-4-2-3-5-14(11)25-15)20-21-17(22)12-6-7-13(18)16(9-12)26(19,23)24/h2-9H,1H3,(H,21,22)(H2,19,23,24)/b20-10+. The van der Waals surface area contributed by atoms with E-state index >= 15 is 0 Å². The van der Waals surface area contributed by atoms with Crippen molar-refractivity contribution in [2.45, 2.75) is 11.8 Å². The second-order valence-corrected chi connectivity index (χ2v) is 7.41. The minimum atomic E-state index is -4.04. The molecule has 0 unspecified atom stereocenters. The number of nitrogens with two attached hydrogens (primary N) is 1. The molecule has 0 bridgehead atoms. The Morgan fingerprint density at radius 3 is 2.62 bits per heavy atom. The fraction of sp³-hybridized carbons (Fsp3) is 0.0588. The van der Waals surface area contributed by atoms with Crippen LogP contribution in [0, 0.1) is 0 Å². The number of para-hydroxylation sites is 1. The van der Waals surface area contributed by atoms with Gasteiger partial charge < -0.3 is 4.42 Å². The van der Waals surface area contributed by atoms with Crippen molar-refractivity contribution in [2.75, 3.05) is 0 Å². The molecule has 1 heterocycles. The molecule has 0 saturated carbocycles. The van der Waals surface area contributed by atoms with Crippen molar-refractivity contribution in [1.29, 1.82) is 0 Å². The van der Waals surface area contributed by atoms with Crippen LogP contribution in [0.3, 0.4) is 0 Å². The number of furan rings is 1. The van der Waals surface area contributed by atoms with Gasteiger partial charge in [-0.15, -0.1) is 0 Å². The number of hydrogen-bond donors (Lipinski definition) is 2. The molecule has 0 aliphatic heterocycles. The Morgan fingerprint density at radius 2 is 1.92 bits per heavy atom. The molecule has 1 amide bonds. The fourth-order valence-electron chi connectivity index (χ4n) is 2.28. The van der Waals surface area contributed by atoms with Crippen LogP contribution < -0.4 is 10.6 Å². The fourth-order valence-corrected chi connectivity index (χ4v) is 3.35. The molecule has 0 fully saturated rings. The van der Waals surface area contributed by atoms with E-state index in [1.165, 1.54) is 12.1 Å². The van der Waals surface area contributed by atoms with Crippen molar-refractivity contribution in [1.82, 2.24) is 5.43 Å². The van der Waals surface area contributed by atoms with E-state index in [0.717, 1.165) is 11.5 Å². The van der Waals surface area contributed by atoms with Gasteiger partial charge in [0.25, 0.3) is 5.91 Å². The molecule has 1 aromatic heterocycles. The first-order valence-electron chi connectivity index (χ1n) is 7.41. The van der Waals surface area contributed by atoms with Crippen molar-refractivity contribution in [3.05, 3.63) is 64.9 Å². The van der Waals surface area contributed by atoms with Crippen LogP contribution in [0.4, 0.5) is 0 Å². The number of primary sulfonamides is 1. The first-order valence-corrected chi connectivity index (χ1v) is 9.34. The van der Waals surface area contributed by atoms with Crippen LogP contribution in [0.5, 0.6) is 0 Å². The molecule has 7 nitrogen and oxygen atoms in total. The van der Waals surface area contributed by atoms with Gasteiger partial charge in [-0.3, -0.25) is 4.79 Å². The number of nitrogens with zero attached hydrogens (tertiary/aromatic N) is 1. The molecule has 0 atom stereocenters. The third kappa shape index (κ3) is 3.77. The Bertz CT molecular complexity index is 1100. The number of amides is 1. The quantitative estimate of drug-likeness (QED) is 0.525. The van der Waals surface area contributed by atoms with Crippen LogP contribution in [-0.2, 0) is 10.0 Å². The van der Waals surface area contributed by atoms with Crippen LogP contribution in [-0.4, -0.2) is 20.0 Å². The topological polar surface area (TPSA) is 115 Å². The lowest BCUT2D eigenvalue weighted by molar-refractivity contribution is 0.0954. The van der Waals surface area contributed by atoms with Crippen LogP contribution in [0.15, 0.2) is 62.9 Å². The van der Waals surface area contributed by atoms with Crippen LogP contribution >= 0.6 is 11.6 Å². The van der Waals surface area contributed by atoms with E-state index in [2.05, 4.69) is 10.5 Å². The maximum Gasteiger partial charge on any atom is 0.271 e. The monoisotopic (exact) mass is 391 g/mol. The molecule has 2 aromatic carbocycles. The summed E-state index contributed by atoms with van der Waals surface area (Å²) in [5.41, 5.74) is 3.57. The number of halogens is 1. The highest BCUT2D eigenvalue weighted by atomic mass is 35.5. The van der Waals surface area contributed by atoms with Gasteiger partial charge >= 0.3 is 0 Å². The average molecular weight is 392 g/mol. The Kier molecular flexibility index (Phi) is 4.82. The molecule has 3 aromatic rings. The van der Waals surface area contributed by atoms with Gasteiger partial charge in [0.1, 0.15) is 16.2 Å². The van der Waals surface area contributed by atoms with Crippen molar-refractivity contribution in [2.24, 2.45) is 10.2 Å². The first-order chi connectivity index (χ1) is 12.3. The van der Waals surface area contributed by atoms with Gasteiger partial charge in [0.05, 0.1) is 5.02 Å². The van der Waals surface area contributed by atoms with E-state index in [-0.39, 0.29) is 15.5 Å². The largest absolute Gasteiger partial charge is 0.455 e. The van der Waals surface area contributed by atoms with Crippen molar-refractivity contribution >= 4 is 44.2 Å². The lowest BCUT2D eigenvalue weighted by Crippen LogP contribution is -2.20. The summed E-state index contributed by atoms with van der Waals surface area (Å²) < 4.78 is 28.6. The van der Waals surface area contributed by atoms with Gasteiger partial charge in [0, 0.05) is 10.9 Å². The smallest absolute Gasteiger partial charge is 0.271 e. The van der Waals surface area contributed by atoms with Gasteiger partial charge in [-0.05, 0) is 37.3 Å². The number of nitrogens with one attached hydrogen (secondary N) is 1. The molecular formula is C17H14ClN3O4S. The highest BCUT2D eigenvalue weighted by molar-refractivity contribution is 7.89. The normalized spacial score (nSPS) is 12.3. The molecule has 0 saturated heterocycles. The molecular weight excluding hydrogens is 378 g/mol. The molecule has 3 rings (SSSR count). The average Bonchev–Trinajstić information content (AvgIpc) is 3.03. The number of fused-ring (bicyclic) bond motifs is 1. The lowest BCUT2D eigenvalue weighted by Gasteiger charge is -2.05. The molecule has 9 heteroatoms. The van der Waals surface area contributed by atoms with Crippen molar-refractivity contribution in [3.8, 4) is 0 Å². The molecule has 26 heavy (non-hydrogen) atoms. The number of carbonyl (C=O) groups is 1. The number of hydrogen-bond acceptors (Lipinski definition) is 5. The summed E-state index contributed by atoms with van der Waals surface area (Å²) in [4.78, 5) is 11.9. The summed E-state index contributed by atoms with van der Waals surface area (Å²) in [6.45, 7) is 1.68. The summed E-state index contributed by atoms with van der Waals surface area (Å²) in [6, 6.07) is 13.0. The zero-order valence-electron chi connectivity index (χ0n) is 13.6. The van der Waals surface area contributed by atoms with Gasteiger partial charge in [-0.2, -0.15) is 5.10 Å². The summed E-state index contributed by atoms with van der Waals surface area (Å²) in [5.74, 6) is -0.102. The number of carbonyl (C=O) groups excluding carboxylic acids is 1. The second kappa shape index (κ2) is 6.91. The zero-order valence-corrected chi connectivity index (χ0v) is 15.1. The second-order valence-electron chi connectivity index (χ2n) is 5.48. The third-order valence-corrected chi connectivity index (χ3v) is 5.00. The SMILES string of the molecule is C/C(=N\NC(=O)c1ccc(Cl)c(S(N)(=O)=O)c1)c1cc2ccccc2o1. The summed E-state index contributed by atoms with van der Waals surface area (Å²) >= 11 is 5.80. The molecule has 0 aliphatic carbocycles. The zero-order chi connectivity index (χ0) is 18.9. The Balaban J connectivity index is 1.82. The van der Waals surface area contributed by atoms with Gasteiger partial charge in [-0.25, -0.2) is 19.0 Å². The number of rotatable bonds is 4. The molecule has 3 N–H and O–H groups in total. The maximum absolute atomic E-state index is 12.2. The van der Waals surface area contributed by atoms with Crippen LogP contribution in [0.2, 0.25) is 5.02 Å². The van der Waals surface area contributed by atoms with E-state index in [1.807, 2.05) is 30.3 Å². The summed E-state index contributed by atoms with van der Waals surface area (Å²) in [5, 5.41) is 9.92. The van der Waals surface area contributed by atoms with Gasteiger partial charge in [0.15, 0.2) is 5.76 Å². The van der Waals surface area contributed by atoms with E-state index in [1.54, 1.807) is 6.92 Å². The molecule has 0 radical (unpaired) electrons. The third-order valence-electron chi connectivity index (χ3n) is 3.61. The highest BCUT2D eigenvalue weighted by Crippen LogP contribution is 2.22. The molecule has 0 spiro atoms. The van der Waals surface area contributed by atoms with Crippen LogP contribution in [0.1, 0.15) is 23.0 Å². The highest BCUT2D eigenvalue weighted by Gasteiger charge is 2.16. The number of benzene rings is 2. The predicted molar refractivity (Wildman–Crippen MR) is 98.7 cm³/mol. The Morgan fingerprint density at radius 1 is 1.19 bits per heavy atom. The number of hydrazone groups is 1. The van der Waals surface area contributed by atoms with E-state index in [0.29, 0.717) is 17.1 Å². The van der Waals surface area contributed by atoms with Crippen molar-refractivity contribution in [3.63, 3.8) is 0 Å². The number of sulfonamides is 1. The van der Waals surface area contributed by atoms with E-state index in [4.69, 9.17) is 21.2 Å². The minimum Gasteiger partial charge on any atom is -0.455 e.